The van der Waals surface area contributed by atoms with Crippen LogP contribution >= 0.6 is 0 Å². The molecule has 1 unspecified atom stereocenters. The number of aliphatic hydroxyl groups excluding tert-OH is 1. The van der Waals surface area contributed by atoms with Gasteiger partial charge >= 0.3 is 0 Å². The summed E-state index contributed by atoms with van der Waals surface area (Å²) in [5.74, 6) is 0.911. The Bertz CT molecular complexity index is 306. The maximum atomic E-state index is 11.7. The molecule has 0 radical (unpaired) electrons. The number of hydrogen-bond donors (Lipinski definition) is 1. The van der Waals surface area contributed by atoms with Crippen molar-refractivity contribution in [3.63, 3.8) is 0 Å². The largest absolute Gasteiger partial charge is 0.469 e. The molecule has 1 amide bonds. The van der Waals surface area contributed by atoms with Crippen LogP contribution in [0.5, 0.6) is 0 Å². The number of rotatable bonds is 6. The maximum Gasteiger partial charge on any atom is 0.222 e. The second-order valence-electron chi connectivity index (χ2n) is 4.03. The van der Waals surface area contributed by atoms with Gasteiger partial charge in [0.25, 0.3) is 0 Å². The van der Waals surface area contributed by atoms with Crippen LogP contribution in [0.25, 0.3) is 0 Å². The first-order chi connectivity index (χ1) is 7.59. The number of hydrogen-bond acceptors (Lipinski definition) is 3. The molecule has 1 rings (SSSR count). The number of aryl methyl sites for hydroxylation is 1. The van der Waals surface area contributed by atoms with Gasteiger partial charge in [-0.05, 0) is 25.5 Å². The molecule has 0 saturated heterocycles. The van der Waals surface area contributed by atoms with Gasteiger partial charge in [-0.3, -0.25) is 4.79 Å². The molecule has 0 aliphatic heterocycles. The van der Waals surface area contributed by atoms with E-state index in [4.69, 9.17) is 9.52 Å². The van der Waals surface area contributed by atoms with Gasteiger partial charge in [-0.15, -0.1) is 0 Å². The quantitative estimate of drug-likeness (QED) is 0.797. The van der Waals surface area contributed by atoms with E-state index in [9.17, 15) is 4.79 Å². The van der Waals surface area contributed by atoms with E-state index < -0.39 is 0 Å². The lowest BCUT2D eigenvalue weighted by molar-refractivity contribution is -0.130. The summed E-state index contributed by atoms with van der Waals surface area (Å²) < 4.78 is 5.15. The Kier molecular flexibility index (Phi) is 5.05. The van der Waals surface area contributed by atoms with Gasteiger partial charge in [0.1, 0.15) is 5.76 Å². The lowest BCUT2D eigenvalue weighted by Gasteiger charge is -2.17. The van der Waals surface area contributed by atoms with Crippen LogP contribution in [-0.2, 0) is 11.2 Å². The van der Waals surface area contributed by atoms with Crippen molar-refractivity contribution in [3.8, 4) is 0 Å². The Labute approximate surface area is 95.9 Å². The molecule has 0 aliphatic rings. The van der Waals surface area contributed by atoms with Crippen LogP contribution in [-0.4, -0.2) is 35.6 Å². The van der Waals surface area contributed by atoms with E-state index >= 15 is 0 Å². The van der Waals surface area contributed by atoms with Gasteiger partial charge in [0, 0.05) is 26.4 Å². The third-order valence-electron chi connectivity index (χ3n) is 2.47. The molecule has 4 nitrogen and oxygen atoms in total. The van der Waals surface area contributed by atoms with E-state index in [1.165, 1.54) is 0 Å². The number of furan rings is 1. The van der Waals surface area contributed by atoms with Gasteiger partial charge in [0.05, 0.1) is 12.4 Å². The zero-order chi connectivity index (χ0) is 12.0. The molecule has 1 heterocycles. The minimum Gasteiger partial charge on any atom is -0.469 e. The van der Waals surface area contributed by atoms with Crippen molar-refractivity contribution >= 4 is 5.91 Å². The first-order valence-corrected chi connectivity index (χ1v) is 5.54. The van der Waals surface area contributed by atoms with E-state index in [0.29, 0.717) is 25.8 Å². The van der Waals surface area contributed by atoms with E-state index in [1.54, 1.807) is 25.1 Å². The van der Waals surface area contributed by atoms with Crippen LogP contribution in [0.1, 0.15) is 25.5 Å². The molecule has 4 heteroatoms. The molecule has 1 aromatic heterocycles. The van der Waals surface area contributed by atoms with Crippen LogP contribution in [0.3, 0.4) is 0 Å². The molecule has 0 spiro atoms. The fraction of sp³-hybridized carbons (Fsp3) is 0.583. The highest BCUT2D eigenvalue weighted by molar-refractivity contribution is 5.76. The van der Waals surface area contributed by atoms with Gasteiger partial charge in [-0.1, -0.05) is 0 Å². The Balaban J connectivity index is 2.23. The second-order valence-corrected chi connectivity index (χ2v) is 4.03. The molecular weight excluding hydrogens is 206 g/mol. The lowest BCUT2D eigenvalue weighted by Crippen LogP contribution is -2.29. The third-order valence-corrected chi connectivity index (χ3v) is 2.47. The summed E-state index contributed by atoms with van der Waals surface area (Å²) in [6.45, 7) is 2.32. The molecule has 1 atom stereocenters. The van der Waals surface area contributed by atoms with Gasteiger partial charge in [0.15, 0.2) is 0 Å². The average molecular weight is 225 g/mol. The van der Waals surface area contributed by atoms with Crippen LogP contribution in [0.2, 0.25) is 0 Å². The first kappa shape index (κ1) is 12.8. The molecule has 0 aliphatic carbocycles. The summed E-state index contributed by atoms with van der Waals surface area (Å²) in [5, 5.41) is 9.11. The summed E-state index contributed by atoms with van der Waals surface area (Å²) in [5.41, 5.74) is 0. The van der Waals surface area contributed by atoms with Crippen molar-refractivity contribution in [1.82, 2.24) is 4.90 Å². The molecule has 0 aromatic carbocycles. The van der Waals surface area contributed by atoms with Crippen LogP contribution < -0.4 is 0 Å². The molecule has 1 aromatic rings. The number of aliphatic hydroxyl groups is 1. The standard InChI is InChI=1S/C12H19NO3/c1-10(14)7-8-13(2)12(15)6-5-11-4-3-9-16-11/h3-4,9-10,14H,5-8H2,1-2H3. The summed E-state index contributed by atoms with van der Waals surface area (Å²) in [6.07, 6.45) is 2.94. The number of carbonyl (C=O) groups excluding carboxylic acids is 1. The van der Waals surface area contributed by atoms with Crippen LogP contribution in [0.15, 0.2) is 22.8 Å². The second kappa shape index (κ2) is 6.33. The van der Waals surface area contributed by atoms with Gasteiger partial charge in [0.2, 0.25) is 5.91 Å². The van der Waals surface area contributed by atoms with Crippen molar-refractivity contribution < 1.29 is 14.3 Å². The minimum atomic E-state index is -0.361. The summed E-state index contributed by atoms with van der Waals surface area (Å²) >= 11 is 0. The van der Waals surface area contributed by atoms with E-state index in [2.05, 4.69) is 0 Å². The Morgan fingerprint density at radius 2 is 2.38 bits per heavy atom. The molecule has 0 fully saturated rings. The highest BCUT2D eigenvalue weighted by Crippen LogP contribution is 2.05. The van der Waals surface area contributed by atoms with Gasteiger partial charge < -0.3 is 14.4 Å². The van der Waals surface area contributed by atoms with Crippen molar-refractivity contribution in [2.75, 3.05) is 13.6 Å². The van der Waals surface area contributed by atoms with Crippen molar-refractivity contribution in [2.24, 2.45) is 0 Å². The zero-order valence-electron chi connectivity index (χ0n) is 9.85. The number of nitrogens with zero attached hydrogens (tertiary/aromatic N) is 1. The monoisotopic (exact) mass is 225 g/mol. The normalized spacial score (nSPS) is 12.4. The fourth-order valence-corrected chi connectivity index (χ4v) is 1.38. The molecule has 0 saturated carbocycles. The minimum absolute atomic E-state index is 0.0806. The molecule has 0 bridgehead atoms. The maximum absolute atomic E-state index is 11.7. The van der Waals surface area contributed by atoms with Gasteiger partial charge in [-0.2, -0.15) is 0 Å². The Morgan fingerprint density at radius 1 is 1.62 bits per heavy atom. The summed E-state index contributed by atoms with van der Waals surface area (Å²) in [7, 11) is 1.76. The van der Waals surface area contributed by atoms with Crippen molar-refractivity contribution in [1.29, 1.82) is 0 Å². The highest BCUT2D eigenvalue weighted by atomic mass is 16.3. The predicted octanol–water partition coefficient (Wildman–Crippen LogP) is 1.44. The fourth-order valence-electron chi connectivity index (χ4n) is 1.38. The molecule has 90 valence electrons. The summed E-state index contributed by atoms with van der Waals surface area (Å²) in [4.78, 5) is 13.3. The van der Waals surface area contributed by atoms with Crippen LogP contribution in [0.4, 0.5) is 0 Å². The van der Waals surface area contributed by atoms with Crippen LogP contribution in [0, 0.1) is 0 Å². The SMILES string of the molecule is CC(O)CCN(C)C(=O)CCc1ccco1. The van der Waals surface area contributed by atoms with Crippen molar-refractivity contribution in [2.45, 2.75) is 32.3 Å². The Hall–Kier alpha value is -1.29. The average Bonchev–Trinajstić information content (AvgIpc) is 2.75. The Morgan fingerprint density at radius 3 is 2.94 bits per heavy atom. The lowest BCUT2D eigenvalue weighted by atomic mass is 10.2. The predicted molar refractivity (Wildman–Crippen MR) is 61.0 cm³/mol. The third kappa shape index (κ3) is 4.49. The number of amides is 1. The van der Waals surface area contributed by atoms with Crippen molar-refractivity contribution in [3.05, 3.63) is 24.2 Å². The van der Waals surface area contributed by atoms with E-state index in [1.807, 2.05) is 12.1 Å². The molecule has 16 heavy (non-hydrogen) atoms. The zero-order valence-corrected chi connectivity index (χ0v) is 9.85. The van der Waals surface area contributed by atoms with E-state index in [0.717, 1.165) is 5.76 Å². The smallest absolute Gasteiger partial charge is 0.222 e. The number of carbonyl (C=O) groups is 1. The van der Waals surface area contributed by atoms with Gasteiger partial charge in [-0.25, -0.2) is 0 Å². The molecular formula is C12H19NO3. The summed E-state index contributed by atoms with van der Waals surface area (Å²) in [6, 6.07) is 3.68. The van der Waals surface area contributed by atoms with E-state index in [-0.39, 0.29) is 12.0 Å². The first-order valence-electron chi connectivity index (χ1n) is 5.54. The highest BCUT2D eigenvalue weighted by Gasteiger charge is 2.10. The topological polar surface area (TPSA) is 53.7 Å². The molecule has 1 N–H and O–H groups in total.